The summed E-state index contributed by atoms with van der Waals surface area (Å²) in [5, 5.41) is 2.47. The second-order valence-electron chi connectivity index (χ2n) is 3.98. The summed E-state index contributed by atoms with van der Waals surface area (Å²) in [4.78, 5) is 0. The summed E-state index contributed by atoms with van der Waals surface area (Å²) in [5.41, 5.74) is 4.59. The predicted molar refractivity (Wildman–Crippen MR) is 63.2 cm³/mol. The van der Waals surface area contributed by atoms with E-state index < -0.39 is 0 Å². The van der Waals surface area contributed by atoms with E-state index in [1.807, 2.05) is 12.1 Å². The average molecular weight is 196 g/mol. The van der Waals surface area contributed by atoms with Gasteiger partial charge in [0.25, 0.3) is 0 Å². The third-order valence-corrected chi connectivity index (χ3v) is 3.07. The van der Waals surface area contributed by atoms with Crippen molar-refractivity contribution in [2.24, 2.45) is 0 Å². The number of para-hydroxylation sites is 1. The van der Waals surface area contributed by atoms with Crippen molar-refractivity contribution in [3.8, 4) is 0 Å². The van der Waals surface area contributed by atoms with Crippen molar-refractivity contribution in [3.63, 3.8) is 0 Å². The Hall–Kier alpha value is -1.76. The van der Waals surface area contributed by atoms with Crippen molar-refractivity contribution in [3.05, 3.63) is 47.5 Å². The monoisotopic (exact) mass is 196 g/mol. The third kappa shape index (κ3) is 1.09. The van der Waals surface area contributed by atoms with E-state index in [2.05, 4.69) is 38.1 Å². The molecule has 0 aliphatic carbocycles. The van der Waals surface area contributed by atoms with E-state index in [-0.39, 0.29) is 0 Å². The molecule has 0 fully saturated rings. The van der Waals surface area contributed by atoms with Gasteiger partial charge in [-0.15, -0.1) is 0 Å². The fraction of sp³-hybridized carbons (Fsp3) is 0.143. The van der Waals surface area contributed by atoms with Crippen LogP contribution in [0.4, 0.5) is 0 Å². The maximum atomic E-state index is 5.79. The maximum absolute atomic E-state index is 5.79. The molecule has 1 heteroatoms. The number of hydrogen-bond acceptors (Lipinski definition) is 1. The summed E-state index contributed by atoms with van der Waals surface area (Å²) >= 11 is 0. The lowest BCUT2D eigenvalue weighted by molar-refractivity contribution is 0.668. The number of fused-ring (bicyclic) bond motifs is 3. The Labute approximate surface area is 88.3 Å². The van der Waals surface area contributed by atoms with Crippen LogP contribution >= 0.6 is 0 Å². The minimum Gasteiger partial charge on any atom is -0.456 e. The maximum Gasteiger partial charge on any atom is 0.135 e. The molecule has 0 bridgehead atoms. The molecular formula is C14H12O. The smallest absolute Gasteiger partial charge is 0.135 e. The van der Waals surface area contributed by atoms with Crippen LogP contribution in [0.2, 0.25) is 0 Å². The molecule has 0 aliphatic rings. The molecule has 0 spiro atoms. The van der Waals surface area contributed by atoms with Gasteiger partial charge in [0.2, 0.25) is 0 Å². The lowest BCUT2D eigenvalue weighted by atomic mass is 10.0. The molecule has 74 valence electrons. The van der Waals surface area contributed by atoms with Crippen LogP contribution in [0.25, 0.3) is 21.9 Å². The Bertz CT molecular complexity index is 647. The second kappa shape index (κ2) is 2.86. The molecule has 0 saturated carbocycles. The zero-order chi connectivity index (χ0) is 10.4. The Balaban J connectivity index is 2.63. The molecule has 15 heavy (non-hydrogen) atoms. The van der Waals surface area contributed by atoms with Gasteiger partial charge in [-0.05, 0) is 37.1 Å². The average Bonchev–Trinajstić information content (AvgIpc) is 2.62. The van der Waals surface area contributed by atoms with E-state index in [4.69, 9.17) is 4.42 Å². The highest BCUT2D eigenvalue weighted by molar-refractivity contribution is 6.06. The van der Waals surface area contributed by atoms with Crippen LogP contribution in [-0.2, 0) is 0 Å². The molecule has 0 atom stereocenters. The van der Waals surface area contributed by atoms with Crippen LogP contribution in [0.1, 0.15) is 11.1 Å². The van der Waals surface area contributed by atoms with E-state index >= 15 is 0 Å². The summed E-state index contributed by atoms with van der Waals surface area (Å²) in [5.74, 6) is 0. The number of benzene rings is 2. The molecule has 1 aromatic heterocycles. The van der Waals surface area contributed by atoms with Gasteiger partial charge < -0.3 is 4.42 Å². The largest absolute Gasteiger partial charge is 0.456 e. The first-order valence-corrected chi connectivity index (χ1v) is 5.15. The molecule has 0 radical (unpaired) electrons. The molecule has 3 rings (SSSR count). The zero-order valence-corrected chi connectivity index (χ0v) is 8.87. The Morgan fingerprint density at radius 2 is 1.67 bits per heavy atom. The second-order valence-corrected chi connectivity index (χ2v) is 3.98. The molecule has 0 N–H and O–H groups in total. The summed E-state index contributed by atoms with van der Waals surface area (Å²) < 4.78 is 5.79. The van der Waals surface area contributed by atoms with Crippen LogP contribution in [0, 0.1) is 13.8 Å². The van der Waals surface area contributed by atoms with Crippen molar-refractivity contribution in [1.29, 1.82) is 0 Å². The minimum atomic E-state index is 0.973. The zero-order valence-electron chi connectivity index (χ0n) is 8.87. The predicted octanol–water partition coefficient (Wildman–Crippen LogP) is 4.20. The number of hydrogen-bond donors (Lipinski definition) is 0. The molecule has 0 amide bonds. The van der Waals surface area contributed by atoms with Gasteiger partial charge in [-0.25, -0.2) is 0 Å². The van der Waals surface area contributed by atoms with Gasteiger partial charge in [-0.3, -0.25) is 0 Å². The Morgan fingerprint density at radius 3 is 2.53 bits per heavy atom. The molecule has 0 aliphatic heterocycles. The third-order valence-electron chi connectivity index (χ3n) is 3.07. The quantitative estimate of drug-likeness (QED) is 0.525. The van der Waals surface area contributed by atoms with E-state index in [0.717, 1.165) is 11.2 Å². The van der Waals surface area contributed by atoms with Crippen LogP contribution in [0.5, 0.6) is 0 Å². The van der Waals surface area contributed by atoms with Gasteiger partial charge in [-0.2, -0.15) is 0 Å². The summed E-state index contributed by atoms with van der Waals surface area (Å²) in [6.07, 6.45) is 0. The Kier molecular flexibility index (Phi) is 1.63. The fourth-order valence-electron chi connectivity index (χ4n) is 2.09. The fourth-order valence-corrected chi connectivity index (χ4v) is 2.09. The van der Waals surface area contributed by atoms with Crippen LogP contribution < -0.4 is 0 Å². The van der Waals surface area contributed by atoms with Gasteiger partial charge in [0, 0.05) is 10.8 Å². The first kappa shape index (κ1) is 8.54. The van der Waals surface area contributed by atoms with Crippen molar-refractivity contribution < 1.29 is 4.42 Å². The topological polar surface area (TPSA) is 13.1 Å². The SMILES string of the molecule is Cc1ccc2oc3ccccc3c2c1C. The molecule has 3 aromatic rings. The van der Waals surface area contributed by atoms with Gasteiger partial charge >= 0.3 is 0 Å². The number of furan rings is 1. The van der Waals surface area contributed by atoms with Crippen molar-refractivity contribution in [2.45, 2.75) is 13.8 Å². The first-order valence-electron chi connectivity index (χ1n) is 5.15. The standard InChI is InChI=1S/C14H12O/c1-9-7-8-13-14(10(9)2)11-5-3-4-6-12(11)15-13/h3-8H,1-2H3. The molecule has 0 unspecified atom stereocenters. The normalized spacial score (nSPS) is 11.3. The summed E-state index contributed by atoms with van der Waals surface area (Å²) in [6, 6.07) is 12.4. The highest BCUT2D eigenvalue weighted by Crippen LogP contribution is 2.31. The lowest BCUT2D eigenvalue weighted by Gasteiger charge is -1.99. The van der Waals surface area contributed by atoms with Gasteiger partial charge in [0.1, 0.15) is 11.2 Å². The number of rotatable bonds is 0. The highest BCUT2D eigenvalue weighted by atomic mass is 16.3. The van der Waals surface area contributed by atoms with E-state index in [1.165, 1.54) is 21.9 Å². The molecule has 1 heterocycles. The minimum absolute atomic E-state index is 0.973. The van der Waals surface area contributed by atoms with Crippen LogP contribution in [0.3, 0.4) is 0 Å². The molecule has 0 saturated heterocycles. The van der Waals surface area contributed by atoms with E-state index in [0.29, 0.717) is 0 Å². The summed E-state index contributed by atoms with van der Waals surface area (Å²) in [6.45, 7) is 4.29. The molecular weight excluding hydrogens is 184 g/mol. The van der Waals surface area contributed by atoms with Crippen molar-refractivity contribution in [2.75, 3.05) is 0 Å². The first-order chi connectivity index (χ1) is 7.27. The Morgan fingerprint density at radius 1 is 0.867 bits per heavy atom. The van der Waals surface area contributed by atoms with Crippen molar-refractivity contribution >= 4 is 21.9 Å². The van der Waals surface area contributed by atoms with E-state index in [9.17, 15) is 0 Å². The van der Waals surface area contributed by atoms with Gasteiger partial charge in [0.15, 0.2) is 0 Å². The lowest BCUT2D eigenvalue weighted by Crippen LogP contribution is -1.80. The van der Waals surface area contributed by atoms with Gasteiger partial charge in [0.05, 0.1) is 0 Å². The van der Waals surface area contributed by atoms with Crippen LogP contribution in [-0.4, -0.2) is 0 Å². The van der Waals surface area contributed by atoms with Crippen molar-refractivity contribution in [1.82, 2.24) is 0 Å². The number of aryl methyl sites for hydroxylation is 2. The van der Waals surface area contributed by atoms with Gasteiger partial charge in [-0.1, -0.05) is 24.3 Å². The van der Waals surface area contributed by atoms with Crippen LogP contribution in [0.15, 0.2) is 40.8 Å². The summed E-state index contributed by atoms with van der Waals surface area (Å²) in [7, 11) is 0. The molecule has 1 nitrogen and oxygen atoms in total. The van der Waals surface area contributed by atoms with E-state index in [1.54, 1.807) is 0 Å². The highest BCUT2D eigenvalue weighted by Gasteiger charge is 2.09. The molecule has 2 aromatic carbocycles.